The van der Waals surface area contributed by atoms with Crippen LogP contribution >= 0.6 is 0 Å². The third kappa shape index (κ3) is 1.48. The lowest BCUT2D eigenvalue weighted by molar-refractivity contribution is 0.214. The largest absolute Gasteiger partial charge is 0.353 e. The molecule has 0 spiro atoms. The molecule has 0 aromatic carbocycles. The molecule has 3 heteroatoms. The van der Waals surface area contributed by atoms with Gasteiger partial charge in [0.1, 0.15) is 6.17 Å². The van der Waals surface area contributed by atoms with Gasteiger partial charge in [0.2, 0.25) is 0 Å². The van der Waals surface area contributed by atoms with Gasteiger partial charge in [-0.05, 0) is 25.9 Å². The SMILES string of the molecule is [B]N1CCC(F)CC1. The molecule has 8 heavy (non-hydrogen) atoms. The Bertz CT molecular complexity index is 60.8. The number of nitrogens with zero attached hydrogens (tertiary/aromatic N) is 1. The van der Waals surface area contributed by atoms with Gasteiger partial charge in [0.25, 0.3) is 0 Å². The van der Waals surface area contributed by atoms with Crippen molar-refractivity contribution in [2.45, 2.75) is 19.0 Å². The zero-order valence-electron chi connectivity index (χ0n) is 4.81. The number of rotatable bonds is 0. The molecule has 0 amide bonds. The second-order valence-corrected chi connectivity index (χ2v) is 2.21. The highest BCUT2D eigenvalue weighted by molar-refractivity contribution is 6.04. The number of hydrogen-bond donors (Lipinski definition) is 0. The van der Waals surface area contributed by atoms with Crippen LogP contribution in [0.5, 0.6) is 0 Å². The predicted octanol–water partition coefficient (Wildman–Crippen LogP) is 0.504. The van der Waals surface area contributed by atoms with Gasteiger partial charge < -0.3 is 4.81 Å². The van der Waals surface area contributed by atoms with Crippen LogP contribution in [0.1, 0.15) is 12.8 Å². The molecule has 0 aromatic heterocycles. The van der Waals surface area contributed by atoms with E-state index in [9.17, 15) is 4.39 Å². The normalized spacial score (nSPS) is 26.1. The lowest BCUT2D eigenvalue weighted by atomic mass is 10.1. The maximum Gasteiger partial charge on any atom is 0.182 e. The first-order chi connectivity index (χ1) is 3.79. The minimum absolute atomic E-state index is 0.602. The Labute approximate surface area is 50.3 Å². The summed E-state index contributed by atoms with van der Waals surface area (Å²) in [6.45, 7) is 1.42. The molecule has 0 bridgehead atoms. The average Bonchev–Trinajstić information content (AvgIpc) is 1.77. The smallest absolute Gasteiger partial charge is 0.182 e. The van der Waals surface area contributed by atoms with Gasteiger partial charge in [0.15, 0.2) is 7.98 Å². The van der Waals surface area contributed by atoms with E-state index >= 15 is 0 Å². The summed E-state index contributed by atoms with van der Waals surface area (Å²) < 4.78 is 12.3. The van der Waals surface area contributed by atoms with E-state index in [1.165, 1.54) is 0 Å². The number of alkyl halides is 1. The van der Waals surface area contributed by atoms with Gasteiger partial charge in [-0.15, -0.1) is 0 Å². The Hall–Kier alpha value is -0.0451. The maximum absolute atomic E-state index is 12.3. The molecule has 1 nitrogen and oxygen atoms in total. The highest BCUT2D eigenvalue weighted by atomic mass is 19.1. The molecule has 0 aromatic rings. The van der Waals surface area contributed by atoms with Crippen LogP contribution in [-0.4, -0.2) is 32.1 Å². The fourth-order valence-electron chi connectivity index (χ4n) is 0.868. The number of hydrogen-bond acceptors (Lipinski definition) is 1. The minimum atomic E-state index is -0.602. The summed E-state index contributed by atoms with van der Waals surface area (Å²) in [5, 5.41) is 0. The molecule has 0 unspecified atom stereocenters. The molecular weight excluding hydrogens is 104 g/mol. The first-order valence-corrected chi connectivity index (χ1v) is 2.93. The zero-order chi connectivity index (χ0) is 5.98. The Balaban J connectivity index is 2.19. The van der Waals surface area contributed by atoms with Gasteiger partial charge in [-0.25, -0.2) is 4.39 Å². The third-order valence-corrected chi connectivity index (χ3v) is 1.46. The van der Waals surface area contributed by atoms with Crippen LogP contribution in [0.25, 0.3) is 0 Å². The lowest BCUT2D eigenvalue weighted by Gasteiger charge is -2.24. The van der Waals surface area contributed by atoms with Crippen LogP contribution in [0.15, 0.2) is 0 Å². The number of piperidine rings is 1. The molecule has 1 rings (SSSR count). The summed E-state index contributed by atoms with van der Waals surface area (Å²) >= 11 is 0. The Kier molecular flexibility index (Phi) is 1.89. The van der Waals surface area contributed by atoms with E-state index in [2.05, 4.69) is 0 Å². The predicted molar refractivity (Wildman–Crippen MR) is 31.5 cm³/mol. The molecule has 1 aliphatic heterocycles. The molecule has 0 atom stereocenters. The molecular formula is C5H9BFN. The van der Waals surface area contributed by atoms with Crippen molar-refractivity contribution in [1.82, 2.24) is 4.81 Å². The second-order valence-electron chi connectivity index (χ2n) is 2.21. The fourth-order valence-corrected chi connectivity index (χ4v) is 0.868. The van der Waals surface area contributed by atoms with E-state index < -0.39 is 6.17 Å². The van der Waals surface area contributed by atoms with Crippen molar-refractivity contribution in [3.05, 3.63) is 0 Å². The van der Waals surface area contributed by atoms with Gasteiger partial charge in [-0.2, -0.15) is 0 Å². The molecule has 1 fully saturated rings. The summed E-state index contributed by atoms with van der Waals surface area (Å²) in [4.78, 5) is 1.66. The van der Waals surface area contributed by atoms with Crippen LogP contribution < -0.4 is 0 Å². The molecule has 0 aliphatic carbocycles. The minimum Gasteiger partial charge on any atom is -0.353 e. The maximum atomic E-state index is 12.3. The molecule has 0 N–H and O–H groups in total. The van der Waals surface area contributed by atoms with Gasteiger partial charge >= 0.3 is 0 Å². The topological polar surface area (TPSA) is 3.24 Å². The summed E-state index contributed by atoms with van der Waals surface area (Å²) in [7, 11) is 5.36. The molecule has 0 saturated carbocycles. The highest BCUT2D eigenvalue weighted by Crippen LogP contribution is 2.10. The zero-order valence-corrected chi connectivity index (χ0v) is 4.81. The van der Waals surface area contributed by atoms with Crippen molar-refractivity contribution in [2.75, 3.05) is 13.1 Å². The fraction of sp³-hybridized carbons (Fsp3) is 1.00. The second kappa shape index (κ2) is 2.49. The van der Waals surface area contributed by atoms with Gasteiger partial charge in [0.05, 0.1) is 0 Å². The molecule has 1 saturated heterocycles. The summed E-state index contributed by atoms with van der Waals surface area (Å²) in [6, 6.07) is 0. The first-order valence-electron chi connectivity index (χ1n) is 2.93. The van der Waals surface area contributed by atoms with Crippen molar-refractivity contribution < 1.29 is 4.39 Å². The Morgan fingerprint density at radius 2 is 1.88 bits per heavy atom. The van der Waals surface area contributed by atoms with E-state index in [4.69, 9.17) is 7.98 Å². The summed E-state index contributed by atoms with van der Waals surface area (Å²) in [6.07, 6.45) is 0.613. The van der Waals surface area contributed by atoms with Crippen LogP contribution in [0.3, 0.4) is 0 Å². The number of halogens is 1. The van der Waals surface area contributed by atoms with E-state index in [0.717, 1.165) is 0 Å². The highest BCUT2D eigenvalue weighted by Gasteiger charge is 2.13. The van der Waals surface area contributed by atoms with Gasteiger partial charge in [-0.3, -0.25) is 0 Å². The Morgan fingerprint density at radius 3 is 2.25 bits per heavy atom. The Morgan fingerprint density at radius 1 is 1.38 bits per heavy atom. The van der Waals surface area contributed by atoms with E-state index in [1.54, 1.807) is 4.81 Å². The quantitative estimate of drug-likeness (QED) is 0.413. The molecule has 1 aliphatic rings. The van der Waals surface area contributed by atoms with Crippen LogP contribution in [0.4, 0.5) is 4.39 Å². The molecule has 1 heterocycles. The van der Waals surface area contributed by atoms with Crippen molar-refractivity contribution in [3.63, 3.8) is 0 Å². The summed E-state index contributed by atoms with van der Waals surface area (Å²) in [5.41, 5.74) is 0. The third-order valence-electron chi connectivity index (χ3n) is 1.46. The van der Waals surface area contributed by atoms with Crippen molar-refractivity contribution in [3.8, 4) is 0 Å². The van der Waals surface area contributed by atoms with E-state index in [1.807, 2.05) is 0 Å². The molecule has 2 radical (unpaired) electrons. The average molecular weight is 113 g/mol. The van der Waals surface area contributed by atoms with Crippen molar-refractivity contribution >= 4 is 7.98 Å². The van der Waals surface area contributed by atoms with Crippen LogP contribution in [0.2, 0.25) is 0 Å². The van der Waals surface area contributed by atoms with E-state index in [-0.39, 0.29) is 0 Å². The lowest BCUT2D eigenvalue weighted by Crippen LogP contribution is -2.31. The summed E-state index contributed by atoms with van der Waals surface area (Å²) in [5.74, 6) is 0. The standard InChI is InChI=1S/C5H9BFN/c6-8-3-1-5(7)2-4-8/h5H,1-4H2. The van der Waals surface area contributed by atoms with Crippen LogP contribution in [0, 0.1) is 0 Å². The monoisotopic (exact) mass is 113 g/mol. The van der Waals surface area contributed by atoms with Crippen LogP contribution in [-0.2, 0) is 0 Å². The van der Waals surface area contributed by atoms with E-state index in [0.29, 0.717) is 25.9 Å². The van der Waals surface area contributed by atoms with Gasteiger partial charge in [0, 0.05) is 0 Å². The van der Waals surface area contributed by atoms with Crippen molar-refractivity contribution in [2.24, 2.45) is 0 Å². The molecule has 44 valence electrons. The van der Waals surface area contributed by atoms with Crippen molar-refractivity contribution in [1.29, 1.82) is 0 Å². The first kappa shape index (κ1) is 6.08. The van der Waals surface area contributed by atoms with Gasteiger partial charge in [-0.1, -0.05) is 0 Å².